The zero-order valence-corrected chi connectivity index (χ0v) is 17.7. The maximum atomic E-state index is 13.0. The first-order valence-corrected chi connectivity index (χ1v) is 10.5. The van der Waals surface area contributed by atoms with Crippen molar-refractivity contribution in [2.45, 2.75) is 17.2 Å². The van der Waals surface area contributed by atoms with E-state index in [-0.39, 0.29) is 16.4 Å². The Morgan fingerprint density at radius 2 is 1.93 bits per heavy atom. The third kappa shape index (κ3) is 4.25. The number of anilines is 1. The Bertz CT molecular complexity index is 1000. The molecule has 0 spiro atoms. The molecule has 1 N–H and O–H groups in total. The van der Waals surface area contributed by atoms with E-state index in [1.807, 2.05) is 36.1 Å². The third-order valence-corrected chi connectivity index (χ3v) is 6.13. The van der Waals surface area contributed by atoms with Crippen molar-refractivity contribution in [3.05, 3.63) is 35.9 Å². The number of rotatable bonds is 5. The van der Waals surface area contributed by atoms with Crippen LogP contribution in [0.25, 0.3) is 11.2 Å². The van der Waals surface area contributed by atoms with Gasteiger partial charge in [0.15, 0.2) is 5.65 Å². The number of nitrogens with zero attached hydrogens (tertiary/aromatic N) is 5. The molecular formula is C19H21ClN6O2S. The van der Waals surface area contributed by atoms with Crippen LogP contribution in [0.4, 0.5) is 5.69 Å². The van der Waals surface area contributed by atoms with Crippen LogP contribution in [-0.4, -0.2) is 69.3 Å². The minimum atomic E-state index is -0.292. The molecular weight excluding hydrogens is 412 g/mol. The van der Waals surface area contributed by atoms with Crippen molar-refractivity contribution in [3.8, 4) is 5.75 Å². The number of thioether (sulfide) groups is 1. The van der Waals surface area contributed by atoms with E-state index in [0.29, 0.717) is 29.3 Å². The van der Waals surface area contributed by atoms with Crippen molar-refractivity contribution in [3.63, 3.8) is 0 Å². The number of aromatic nitrogens is 4. The van der Waals surface area contributed by atoms with Gasteiger partial charge < -0.3 is 19.5 Å². The Balaban J connectivity index is 1.38. The molecule has 0 radical (unpaired) electrons. The first-order chi connectivity index (χ1) is 14.0. The number of carbonyl (C=O) groups is 1. The lowest BCUT2D eigenvalue weighted by molar-refractivity contribution is -0.130. The van der Waals surface area contributed by atoms with E-state index in [9.17, 15) is 4.79 Å². The van der Waals surface area contributed by atoms with E-state index >= 15 is 0 Å². The monoisotopic (exact) mass is 432 g/mol. The SMILES string of the molecule is COc1ccc(N2CCN(C(=O)[C@@H](C)Sc3nc(Cl)nc4nc[nH]c34)CC2)cc1. The first kappa shape index (κ1) is 19.8. The Kier molecular flexibility index (Phi) is 5.77. The number of hydrogen-bond donors (Lipinski definition) is 1. The lowest BCUT2D eigenvalue weighted by atomic mass is 10.2. The standard InChI is InChI=1S/C19H21ClN6O2S/c1-12(29-17-15-16(22-11-21-15)23-19(20)24-17)18(27)26-9-7-25(8-10-26)13-3-5-14(28-2)6-4-13/h3-6,11-12H,7-10H2,1-2H3,(H,21,22,23,24)/t12-/m1/s1. The minimum Gasteiger partial charge on any atom is -0.497 e. The lowest BCUT2D eigenvalue weighted by Crippen LogP contribution is -2.50. The molecule has 152 valence electrons. The van der Waals surface area contributed by atoms with E-state index < -0.39 is 0 Å². The molecule has 2 aromatic heterocycles. The fourth-order valence-corrected chi connectivity index (χ4v) is 4.53. The highest BCUT2D eigenvalue weighted by molar-refractivity contribution is 8.00. The molecule has 4 rings (SSSR count). The maximum absolute atomic E-state index is 13.0. The number of piperazine rings is 1. The van der Waals surface area contributed by atoms with E-state index in [1.165, 1.54) is 11.8 Å². The summed E-state index contributed by atoms with van der Waals surface area (Å²) in [5.41, 5.74) is 2.33. The summed E-state index contributed by atoms with van der Waals surface area (Å²) < 4.78 is 5.21. The number of hydrogen-bond acceptors (Lipinski definition) is 7. The number of fused-ring (bicyclic) bond motifs is 1. The van der Waals surface area contributed by atoms with Gasteiger partial charge in [-0.25, -0.2) is 9.97 Å². The Hall–Kier alpha value is -2.52. The van der Waals surface area contributed by atoms with Crippen LogP contribution >= 0.6 is 23.4 Å². The predicted molar refractivity (Wildman–Crippen MR) is 114 cm³/mol. The van der Waals surface area contributed by atoms with Gasteiger partial charge in [0.1, 0.15) is 16.3 Å². The molecule has 1 amide bonds. The van der Waals surface area contributed by atoms with Crippen LogP contribution in [-0.2, 0) is 4.79 Å². The number of H-pyrrole nitrogens is 1. The number of imidazole rings is 1. The molecule has 8 nitrogen and oxygen atoms in total. The Labute approximate surface area is 177 Å². The number of carbonyl (C=O) groups excluding carboxylic acids is 1. The predicted octanol–water partition coefficient (Wildman–Crippen LogP) is 2.84. The average molecular weight is 433 g/mol. The highest BCUT2D eigenvalue weighted by atomic mass is 35.5. The molecule has 1 aliphatic heterocycles. The number of ether oxygens (including phenoxy) is 1. The second-order valence-electron chi connectivity index (χ2n) is 6.67. The van der Waals surface area contributed by atoms with Crippen molar-refractivity contribution in [2.24, 2.45) is 0 Å². The normalized spacial score (nSPS) is 15.6. The van der Waals surface area contributed by atoms with Gasteiger partial charge in [-0.2, -0.15) is 4.98 Å². The van der Waals surface area contributed by atoms with E-state index in [4.69, 9.17) is 16.3 Å². The maximum Gasteiger partial charge on any atom is 0.235 e. The summed E-state index contributed by atoms with van der Waals surface area (Å²) in [4.78, 5) is 32.6. The van der Waals surface area contributed by atoms with Crippen molar-refractivity contribution in [2.75, 3.05) is 38.2 Å². The summed E-state index contributed by atoms with van der Waals surface area (Å²) in [5, 5.41) is 0.468. The fourth-order valence-electron chi connectivity index (χ4n) is 3.32. The van der Waals surface area contributed by atoms with Gasteiger partial charge in [0.2, 0.25) is 11.2 Å². The Morgan fingerprint density at radius 3 is 2.62 bits per heavy atom. The summed E-state index contributed by atoms with van der Waals surface area (Å²) in [6, 6.07) is 8.00. The van der Waals surface area contributed by atoms with Crippen LogP contribution in [0.5, 0.6) is 5.75 Å². The molecule has 0 unspecified atom stereocenters. The number of benzene rings is 1. The fraction of sp³-hybridized carbons (Fsp3) is 0.368. The second-order valence-corrected chi connectivity index (χ2v) is 8.34. The molecule has 1 aromatic carbocycles. The van der Waals surface area contributed by atoms with E-state index in [1.54, 1.807) is 13.4 Å². The molecule has 1 fully saturated rings. The Morgan fingerprint density at radius 1 is 1.21 bits per heavy atom. The number of halogens is 1. The molecule has 0 saturated carbocycles. The van der Waals surface area contributed by atoms with Crippen LogP contribution in [0.3, 0.4) is 0 Å². The zero-order valence-electron chi connectivity index (χ0n) is 16.1. The molecule has 1 atom stereocenters. The zero-order chi connectivity index (χ0) is 20.4. The smallest absolute Gasteiger partial charge is 0.235 e. The minimum absolute atomic E-state index is 0.0896. The van der Waals surface area contributed by atoms with Gasteiger partial charge in [-0.3, -0.25) is 4.79 Å². The largest absolute Gasteiger partial charge is 0.497 e. The highest BCUT2D eigenvalue weighted by Crippen LogP contribution is 2.29. The molecule has 3 heterocycles. The van der Waals surface area contributed by atoms with Crippen LogP contribution in [0.1, 0.15) is 6.92 Å². The van der Waals surface area contributed by atoms with Crippen molar-refractivity contribution >= 4 is 46.1 Å². The summed E-state index contributed by atoms with van der Waals surface area (Å²) >= 11 is 7.36. The lowest BCUT2D eigenvalue weighted by Gasteiger charge is -2.37. The first-order valence-electron chi connectivity index (χ1n) is 9.26. The third-order valence-electron chi connectivity index (χ3n) is 4.89. The van der Waals surface area contributed by atoms with E-state index in [2.05, 4.69) is 24.8 Å². The summed E-state index contributed by atoms with van der Waals surface area (Å²) in [6.45, 7) is 4.83. The van der Waals surface area contributed by atoms with Gasteiger partial charge in [-0.15, -0.1) is 0 Å². The quantitative estimate of drug-likeness (QED) is 0.377. The topological polar surface area (TPSA) is 87.2 Å². The molecule has 0 bridgehead atoms. The summed E-state index contributed by atoms with van der Waals surface area (Å²) in [5.74, 6) is 0.927. The van der Waals surface area contributed by atoms with Gasteiger partial charge in [0, 0.05) is 31.9 Å². The van der Waals surface area contributed by atoms with Crippen molar-refractivity contribution < 1.29 is 9.53 Å². The second kappa shape index (κ2) is 8.46. The van der Waals surface area contributed by atoms with Gasteiger partial charge in [-0.1, -0.05) is 11.8 Å². The average Bonchev–Trinajstić information content (AvgIpc) is 3.22. The van der Waals surface area contributed by atoms with Crippen LogP contribution in [0.15, 0.2) is 35.6 Å². The number of nitrogens with one attached hydrogen (secondary N) is 1. The summed E-state index contributed by atoms with van der Waals surface area (Å²) in [7, 11) is 1.66. The molecule has 1 saturated heterocycles. The highest BCUT2D eigenvalue weighted by Gasteiger charge is 2.27. The van der Waals surface area contributed by atoms with Crippen molar-refractivity contribution in [1.29, 1.82) is 0 Å². The number of methoxy groups -OCH3 is 1. The van der Waals surface area contributed by atoms with Gasteiger partial charge in [0.25, 0.3) is 0 Å². The molecule has 29 heavy (non-hydrogen) atoms. The van der Waals surface area contributed by atoms with Crippen LogP contribution in [0, 0.1) is 0 Å². The van der Waals surface area contributed by atoms with Crippen LogP contribution in [0.2, 0.25) is 5.28 Å². The van der Waals surface area contributed by atoms with Gasteiger partial charge in [0.05, 0.1) is 18.7 Å². The van der Waals surface area contributed by atoms with Gasteiger partial charge >= 0.3 is 0 Å². The van der Waals surface area contributed by atoms with Crippen LogP contribution < -0.4 is 9.64 Å². The summed E-state index contributed by atoms with van der Waals surface area (Å²) in [6.07, 6.45) is 1.55. The molecule has 1 aliphatic rings. The number of aromatic amines is 1. The number of amides is 1. The van der Waals surface area contributed by atoms with Gasteiger partial charge in [-0.05, 0) is 42.8 Å². The van der Waals surface area contributed by atoms with E-state index in [0.717, 1.165) is 24.5 Å². The van der Waals surface area contributed by atoms with Crippen molar-refractivity contribution in [1.82, 2.24) is 24.8 Å². The molecule has 10 heteroatoms. The molecule has 0 aliphatic carbocycles. The molecule has 3 aromatic rings.